The van der Waals surface area contributed by atoms with Crippen molar-refractivity contribution >= 4 is 59.2 Å². The van der Waals surface area contributed by atoms with E-state index in [1.165, 1.54) is 35.6 Å². The van der Waals surface area contributed by atoms with E-state index in [1.54, 1.807) is 48.5 Å². The molecular formula is C50H54N6O15S. The van der Waals surface area contributed by atoms with Crippen LogP contribution in [0.25, 0.3) is 22.3 Å². The zero-order chi connectivity index (χ0) is 52.3. The van der Waals surface area contributed by atoms with Gasteiger partial charge in [-0.2, -0.15) is 0 Å². The molecule has 0 atom stereocenters. The molecule has 2 aromatic heterocycles. The van der Waals surface area contributed by atoms with Crippen molar-refractivity contribution in [3.63, 3.8) is 0 Å². The molecule has 3 aromatic carbocycles. The third-order valence-electron chi connectivity index (χ3n) is 10.8. The van der Waals surface area contributed by atoms with Gasteiger partial charge in [0.2, 0.25) is 0 Å². The fraction of sp³-hybridized carbons (Fsp3) is 0.300. The lowest BCUT2D eigenvalue weighted by atomic mass is 9.99. The Bertz CT molecular complexity index is 2570. The van der Waals surface area contributed by atoms with Crippen LogP contribution in [0.3, 0.4) is 0 Å². The topological polar surface area (TPSA) is 299 Å². The maximum atomic E-state index is 11.9. The van der Waals surface area contributed by atoms with Gasteiger partial charge in [-0.15, -0.1) is 0 Å². The number of pyridine rings is 2. The minimum atomic E-state index is -1.25. The van der Waals surface area contributed by atoms with E-state index >= 15 is 0 Å². The Labute approximate surface area is 418 Å². The number of thiocarbonyl (C=S) groups is 1. The minimum Gasteiger partial charge on any atom is -0.496 e. The molecule has 5 rings (SSSR count). The molecule has 0 spiro atoms. The molecule has 380 valence electrons. The van der Waals surface area contributed by atoms with Crippen LogP contribution in [-0.2, 0) is 67.8 Å². The van der Waals surface area contributed by atoms with Gasteiger partial charge in [0.25, 0.3) is 0 Å². The maximum Gasteiger partial charge on any atom is 0.341 e. The van der Waals surface area contributed by atoms with E-state index in [4.69, 9.17) is 36.4 Å². The summed E-state index contributed by atoms with van der Waals surface area (Å²) in [6.45, 7) is -2.71. The lowest BCUT2D eigenvalue weighted by Crippen LogP contribution is -2.34. The van der Waals surface area contributed by atoms with Crippen molar-refractivity contribution in [3.05, 3.63) is 119 Å². The van der Waals surface area contributed by atoms with Gasteiger partial charge in [-0.05, 0) is 89.7 Å². The van der Waals surface area contributed by atoms with E-state index in [2.05, 4.69) is 5.32 Å². The first kappa shape index (κ1) is 54.9. The minimum absolute atomic E-state index is 0.107. The number of nitrogens with one attached hydrogen (secondary N) is 1. The molecular weight excluding hydrogens is 957 g/mol. The lowest BCUT2D eigenvalue weighted by molar-refractivity contribution is -0.144. The molecule has 0 aliphatic carbocycles. The smallest absolute Gasteiger partial charge is 0.341 e. The number of carbonyl (C=O) groups is 6. The number of hydrogen-bond acceptors (Lipinski definition) is 15. The third-order valence-corrected chi connectivity index (χ3v) is 10.9. The van der Waals surface area contributed by atoms with Crippen LogP contribution in [-0.4, -0.2) is 150 Å². The number of anilines is 1. The summed E-state index contributed by atoms with van der Waals surface area (Å²) in [5, 5.41) is 60.2. The predicted octanol–water partition coefficient (Wildman–Crippen LogP) is 4.86. The monoisotopic (exact) mass is 1010 g/mol. The Kier molecular flexibility index (Phi) is 20.4. The average molecular weight is 1010 g/mol. The molecule has 7 N–H and O–H groups in total. The van der Waals surface area contributed by atoms with Gasteiger partial charge in [0, 0.05) is 62.0 Å². The van der Waals surface area contributed by atoms with Crippen molar-refractivity contribution in [2.45, 2.75) is 45.4 Å². The van der Waals surface area contributed by atoms with Crippen LogP contribution in [0.2, 0.25) is 0 Å². The molecule has 0 saturated heterocycles. The Hall–Kier alpha value is -8.05. The second-order valence-electron chi connectivity index (χ2n) is 16.4. The predicted molar refractivity (Wildman–Crippen MR) is 264 cm³/mol. The van der Waals surface area contributed by atoms with Gasteiger partial charge in [-0.1, -0.05) is 36.5 Å². The molecule has 0 radical (unpaired) electrons. The molecule has 0 fully saturated rings. The molecule has 22 heteroatoms. The summed E-state index contributed by atoms with van der Waals surface area (Å²) in [4.78, 5) is 84.5. The Balaban J connectivity index is 1.66. The van der Waals surface area contributed by atoms with Crippen LogP contribution in [0.4, 0.5) is 5.69 Å². The first-order chi connectivity index (χ1) is 34.4. The number of aliphatic carboxylic acids is 6. The normalized spacial score (nSPS) is 11.1. The fourth-order valence-corrected chi connectivity index (χ4v) is 7.95. The quantitative estimate of drug-likeness (QED) is 0.0292. The largest absolute Gasteiger partial charge is 0.496 e. The zero-order valence-electron chi connectivity index (χ0n) is 39.4. The highest BCUT2D eigenvalue weighted by molar-refractivity contribution is 7.79. The van der Waals surface area contributed by atoms with Gasteiger partial charge < -0.3 is 50.2 Å². The van der Waals surface area contributed by atoms with E-state index < -0.39 is 68.6 Å². The summed E-state index contributed by atoms with van der Waals surface area (Å²) in [6.07, 6.45) is 0.640. The van der Waals surface area contributed by atoms with Crippen molar-refractivity contribution in [1.82, 2.24) is 24.7 Å². The molecule has 0 saturated carbocycles. The van der Waals surface area contributed by atoms with Crippen LogP contribution in [0.5, 0.6) is 17.2 Å². The molecule has 0 amide bonds. The van der Waals surface area contributed by atoms with Gasteiger partial charge in [-0.25, -0.2) is 4.79 Å². The van der Waals surface area contributed by atoms with E-state index in [0.29, 0.717) is 75.1 Å². The number of aromatic nitrogens is 2. The number of ether oxygens (including phenoxy) is 3. The first-order valence-electron chi connectivity index (χ1n) is 22.1. The highest BCUT2D eigenvalue weighted by Gasteiger charge is 2.22. The van der Waals surface area contributed by atoms with Crippen LogP contribution < -0.4 is 19.5 Å². The molecule has 21 nitrogen and oxygen atoms in total. The molecule has 0 unspecified atom stereocenters. The Morgan fingerprint density at radius 2 is 0.986 bits per heavy atom. The zero-order valence-corrected chi connectivity index (χ0v) is 40.2. The van der Waals surface area contributed by atoms with Crippen molar-refractivity contribution in [3.8, 4) is 39.5 Å². The van der Waals surface area contributed by atoms with E-state index in [9.17, 15) is 59.4 Å². The second kappa shape index (κ2) is 26.8. The number of methoxy groups -OCH3 is 2. The molecule has 5 aromatic rings. The highest BCUT2D eigenvalue weighted by atomic mass is 32.1. The Morgan fingerprint density at radius 1 is 0.542 bits per heavy atom. The van der Waals surface area contributed by atoms with Crippen molar-refractivity contribution in [2.24, 2.45) is 0 Å². The van der Waals surface area contributed by atoms with Crippen molar-refractivity contribution in [1.29, 1.82) is 0 Å². The highest BCUT2D eigenvalue weighted by Crippen LogP contribution is 2.36. The van der Waals surface area contributed by atoms with Gasteiger partial charge in [0.1, 0.15) is 17.2 Å². The van der Waals surface area contributed by atoms with Gasteiger partial charge in [-0.3, -0.25) is 48.6 Å². The van der Waals surface area contributed by atoms with Crippen molar-refractivity contribution in [2.75, 3.05) is 58.9 Å². The average Bonchev–Trinajstić information content (AvgIpc) is 3.31. The van der Waals surface area contributed by atoms with Gasteiger partial charge in [0.05, 0.1) is 68.7 Å². The fourth-order valence-electron chi connectivity index (χ4n) is 7.81. The number of benzene rings is 3. The SMILES string of the molecule is COc1cc(CCC(=O)O)ccc1-c1cc(CN(CC(=O)O)CC(=O)O)nc(CN(CCc2ccc(NC=S)cc2)Cc2cc(-c3ccc(OCC(=O)O)cc3OC)cc(CN(CC(=O)O)CC(=O)O)n2)c1. The second-order valence-corrected chi connectivity index (χ2v) is 16.7. The molecule has 0 bridgehead atoms. The molecule has 72 heavy (non-hydrogen) atoms. The van der Waals surface area contributed by atoms with Crippen molar-refractivity contribution < 1.29 is 73.6 Å². The maximum absolute atomic E-state index is 11.9. The first-order valence-corrected chi connectivity index (χ1v) is 22.6. The Morgan fingerprint density at radius 3 is 1.42 bits per heavy atom. The molecule has 0 aliphatic rings. The van der Waals surface area contributed by atoms with E-state index in [-0.39, 0.29) is 44.8 Å². The van der Waals surface area contributed by atoms with Gasteiger partial charge in [0.15, 0.2) is 6.61 Å². The van der Waals surface area contributed by atoms with Crippen LogP contribution >= 0.6 is 12.2 Å². The van der Waals surface area contributed by atoms with Crippen LogP contribution in [0, 0.1) is 0 Å². The summed E-state index contributed by atoms with van der Waals surface area (Å²) < 4.78 is 16.9. The molecule has 0 aliphatic heterocycles. The number of rotatable bonds is 31. The summed E-state index contributed by atoms with van der Waals surface area (Å²) in [7, 11) is 2.89. The van der Waals surface area contributed by atoms with Crippen LogP contribution in [0.15, 0.2) is 84.9 Å². The number of carboxylic acids is 6. The number of aryl methyl sites for hydroxylation is 1. The summed E-state index contributed by atoms with van der Waals surface area (Å²) in [6, 6.07) is 24.6. The van der Waals surface area contributed by atoms with E-state index in [0.717, 1.165) is 11.3 Å². The standard InChI is InChI=1S/C50H54N6O15S/c1-69-43-15-32(6-12-45(57)58)5-10-41(43)33-16-36(52-38(18-33)23-55(25-46(59)60)26-47(61)62)21-54(14-13-31-3-7-35(8-4-31)51-30-72)22-37-17-34(19-39(53-37)24-56(27-48(63)64)28-49(65)66)42-11-9-40(20-44(42)70-2)71-29-50(67)68/h3-5,7-11,15-20,30H,6,12-14,21-29H2,1-2H3,(H,51,72)(H,57,58)(H,59,60)(H,61,62)(H,63,64)(H,65,66)(H,67,68). The number of carboxylic acid groups (broad SMARTS) is 6. The third kappa shape index (κ3) is 17.7. The summed E-state index contributed by atoms with van der Waals surface area (Å²) >= 11 is 4.95. The number of nitrogens with zero attached hydrogens (tertiary/aromatic N) is 5. The van der Waals surface area contributed by atoms with E-state index in [1.807, 2.05) is 35.2 Å². The number of hydrogen-bond donors (Lipinski definition) is 7. The molecule has 2 heterocycles. The summed E-state index contributed by atoms with van der Waals surface area (Å²) in [5.74, 6) is -6.20. The van der Waals surface area contributed by atoms with Gasteiger partial charge >= 0.3 is 35.8 Å². The summed E-state index contributed by atoms with van der Waals surface area (Å²) in [5.41, 5.74) is 7.71. The van der Waals surface area contributed by atoms with Crippen LogP contribution in [0.1, 0.15) is 40.3 Å². The lowest BCUT2D eigenvalue weighted by Gasteiger charge is -2.25.